The summed E-state index contributed by atoms with van der Waals surface area (Å²) >= 11 is 0. The van der Waals surface area contributed by atoms with Crippen molar-refractivity contribution < 1.29 is 9.90 Å². The van der Waals surface area contributed by atoms with Crippen LogP contribution >= 0.6 is 8.58 Å². The van der Waals surface area contributed by atoms with Crippen LogP contribution in [0, 0.1) is 6.92 Å². The molecule has 0 heterocycles. The smallest absolute Gasteiger partial charge is 0.164 e. The molecule has 0 aromatic heterocycles. The Morgan fingerprint density at radius 2 is 1.77 bits per heavy atom. The number of benzene rings is 2. The Morgan fingerprint density at radius 3 is 2.37 bits per heavy atom. The topological polar surface area (TPSA) is 40.5 Å². The van der Waals surface area contributed by atoms with Crippen molar-refractivity contribution in [1.29, 1.82) is 0 Å². The van der Waals surface area contributed by atoms with E-state index in [0.717, 1.165) is 48.1 Å². The predicted molar refractivity (Wildman–Crippen MR) is 133 cm³/mol. The molecular formula is C26H34NO2P. The van der Waals surface area contributed by atoms with Gasteiger partial charge >= 0.3 is 0 Å². The highest BCUT2D eigenvalue weighted by Gasteiger charge is 2.18. The van der Waals surface area contributed by atoms with E-state index in [4.69, 9.17) is 0 Å². The largest absolute Gasteiger partial charge is 0.507 e. The number of carbonyl (C=O) groups is 1. The van der Waals surface area contributed by atoms with Crippen LogP contribution in [-0.2, 0) is 4.79 Å². The number of aryl methyl sites for hydroxylation is 1. The molecule has 0 radical (unpaired) electrons. The SMILES string of the molecule is C=C(C)c1ccc(C)c(/C(C(C)=O)=C(/O)c2cccc(PCCN(CC)CC)c2)c1. The number of aliphatic hydroxyl groups is 1. The molecule has 2 aromatic carbocycles. The lowest BCUT2D eigenvalue weighted by Crippen LogP contribution is -2.25. The van der Waals surface area contributed by atoms with Gasteiger partial charge in [-0.05, 0) is 74.2 Å². The van der Waals surface area contributed by atoms with Crippen molar-refractivity contribution in [2.45, 2.75) is 34.6 Å². The second-order valence-electron chi connectivity index (χ2n) is 7.62. The van der Waals surface area contributed by atoms with Gasteiger partial charge in [-0.3, -0.25) is 4.79 Å². The van der Waals surface area contributed by atoms with Crippen LogP contribution in [0.3, 0.4) is 0 Å². The number of allylic oxidation sites excluding steroid dienone is 2. The highest BCUT2D eigenvalue weighted by atomic mass is 31.1. The maximum atomic E-state index is 12.5. The maximum absolute atomic E-state index is 12.5. The fourth-order valence-electron chi connectivity index (χ4n) is 3.46. The minimum absolute atomic E-state index is 0.0415. The lowest BCUT2D eigenvalue weighted by Gasteiger charge is -2.17. The number of hydrogen-bond donors (Lipinski definition) is 1. The number of ketones is 1. The van der Waals surface area contributed by atoms with Gasteiger partial charge in [-0.15, -0.1) is 0 Å². The number of hydrogen-bond acceptors (Lipinski definition) is 3. The molecule has 0 saturated carbocycles. The highest BCUT2D eigenvalue weighted by molar-refractivity contribution is 7.47. The molecule has 0 aliphatic rings. The van der Waals surface area contributed by atoms with E-state index < -0.39 is 0 Å². The number of rotatable bonds is 10. The van der Waals surface area contributed by atoms with Crippen molar-refractivity contribution in [2.24, 2.45) is 0 Å². The van der Waals surface area contributed by atoms with Gasteiger partial charge in [0.15, 0.2) is 5.78 Å². The van der Waals surface area contributed by atoms with Gasteiger partial charge in [0.25, 0.3) is 0 Å². The fraction of sp³-hybridized carbons (Fsp3) is 0.346. The van der Waals surface area contributed by atoms with E-state index in [0.29, 0.717) is 19.7 Å². The molecule has 0 amide bonds. The molecule has 0 bridgehead atoms. The van der Waals surface area contributed by atoms with Crippen LogP contribution in [0.2, 0.25) is 0 Å². The summed E-state index contributed by atoms with van der Waals surface area (Å²) < 4.78 is 0. The van der Waals surface area contributed by atoms with Crippen LogP contribution in [0.1, 0.15) is 49.9 Å². The zero-order chi connectivity index (χ0) is 22.3. The molecule has 0 saturated heterocycles. The molecule has 0 spiro atoms. The first-order chi connectivity index (χ1) is 14.3. The molecule has 2 rings (SSSR count). The highest BCUT2D eigenvalue weighted by Crippen LogP contribution is 2.30. The summed E-state index contributed by atoms with van der Waals surface area (Å²) in [5.74, 6) is -0.108. The molecule has 4 heteroatoms. The normalized spacial score (nSPS) is 12.5. The van der Waals surface area contributed by atoms with Gasteiger partial charge < -0.3 is 10.0 Å². The first kappa shape index (κ1) is 24.1. The summed E-state index contributed by atoms with van der Waals surface area (Å²) in [5, 5.41) is 12.3. The lowest BCUT2D eigenvalue weighted by molar-refractivity contribution is -0.111. The molecule has 0 fully saturated rings. The summed E-state index contributed by atoms with van der Waals surface area (Å²) in [6.45, 7) is 17.0. The molecule has 1 N–H and O–H groups in total. The fourth-order valence-corrected chi connectivity index (χ4v) is 4.65. The monoisotopic (exact) mass is 423 g/mol. The van der Waals surface area contributed by atoms with E-state index in [2.05, 4.69) is 31.4 Å². The number of carbonyl (C=O) groups excluding carboxylic acids is 1. The third-order valence-electron chi connectivity index (χ3n) is 5.38. The Labute approximate surface area is 183 Å². The molecule has 3 nitrogen and oxygen atoms in total. The molecule has 2 aromatic rings. The minimum atomic E-state index is -0.149. The second kappa shape index (κ2) is 11.2. The van der Waals surface area contributed by atoms with Crippen molar-refractivity contribution in [3.63, 3.8) is 0 Å². The summed E-state index contributed by atoms with van der Waals surface area (Å²) in [6.07, 6.45) is 1.09. The molecule has 0 aliphatic heterocycles. The van der Waals surface area contributed by atoms with Crippen molar-refractivity contribution in [2.75, 3.05) is 25.8 Å². The standard InChI is InChI=1S/C26H34NO2P/c1-7-27(8-2)14-15-30-23-11-9-10-22(16-23)26(29)25(20(6)28)24-17-21(18(3)4)13-12-19(24)5/h9-13,16-17,29-30H,3,7-8,14-15H2,1-2,4-6H3/b26-25+. The van der Waals surface area contributed by atoms with Gasteiger partial charge in [-0.1, -0.05) is 64.9 Å². The maximum Gasteiger partial charge on any atom is 0.164 e. The molecule has 0 aliphatic carbocycles. The van der Waals surface area contributed by atoms with Crippen LogP contribution < -0.4 is 5.30 Å². The van der Waals surface area contributed by atoms with Gasteiger partial charge in [0.2, 0.25) is 0 Å². The first-order valence-electron chi connectivity index (χ1n) is 10.6. The van der Waals surface area contributed by atoms with E-state index in [1.807, 2.05) is 50.2 Å². The van der Waals surface area contributed by atoms with Gasteiger partial charge in [0.1, 0.15) is 5.76 Å². The zero-order valence-corrected chi connectivity index (χ0v) is 19.9. The van der Waals surface area contributed by atoms with Crippen LogP contribution in [-0.4, -0.2) is 41.6 Å². The Bertz CT molecular complexity index is 942. The van der Waals surface area contributed by atoms with E-state index in [1.54, 1.807) is 0 Å². The summed E-state index contributed by atoms with van der Waals surface area (Å²) in [6, 6.07) is 13.8. The quantitative estimate of drug-likeness (QED) is 0.231. The van der Waals surface area contributed by atoms with Crippen molar-refractivity contribution in [1.82, 2.24) is 4.90 Å². The van der Waals surface area contributed by atoms with Crippen LogP contribution in [0.25, 0.3) is 16.9 Å². The van der Waals surface area contributed by atoms with Gasteiger partial charge in [0.05, 0.1) is 5.57 Å². The molecule has 160 valence electrons. The zero-order valence-electron chi connectivity index (χ0n) is 18.9. The van der Waals surface area contributed by atoms with Crippen LogP contribution in [0.15, 0.2) is 49.0 Å². The molecule has 1 unspecified atom stereocenters. The van der Waals surface area contributed by atoms with Gasteiger partial charge in [-0.25, -0.2) is 0 Å². The number of Topliss-reactive ketones (excluding diaryl/α,β-unsaturated/α-hetero) is 1. The summed E-state index contributed by atoms with van der Waals surface area (Å²) in [7, 11) is 0.667. The Balaban J connectivity index is 2.39. The Morgan fingerprint density at radius 1 is 1.07 bits per heavy atom. The van der Waals surface area contributed by atoms with Crippen LogP contribution in [0.5, 0.6) is 0 Å². The Hall–Kier alpha value is -2.22. The number of nitrogens with zero attached hydrogens (tertiary/aromatic N) is 1. The minimum Gasteiger partial charge on any atom is -0.507 e. The third-order valence-corrected chi connectivity index (χ3v) is 6.57. The van der Waals surface area contributed by atoms with Crippen molar-refractivity contribution in [3.05, 3.63) is 71.3 Å². The van der Waals surface area contributed by atoms with Crippen molar-refractivity contribution in [3.8, 4) is 0 Å². The first-order valence-corrected chi connectivity index (χ1v) is 11.8. The van der Waals surface area contributed by atoms with E-state index in [-0.39, 0.29) is 11.5 Å². The van der Waals surface area contributed by atoms with Gasteiger partial charge in [0, 0.05) is 12.1 Å². The molecule has 1 atom stereocenters. The molecule has 30 heavy (non-hydrogen) atoms. The lowest BCUT2D eigenvalue weighted by atomic mass is 9.92. The van der Waals surface area contributed by atoms with E-state index in [1.165, 1.54) is 12.2 Å². The average molecular weight is 424 g/mol. The van der Waals surface area contributed by atoms with Gasteiger partial charge in [-0.2, -0.15) is 0 Å². The Kier molecular flexibility index (Phi) is 9.02. The third kappa shape index (κ3) is 6.14. The van der Waals surface area contributed by atoms with E-state index in [9.17, 15) is 9.90 Å². The van der Waals surface area contributed by atoms with Crippen molar-refractivity contribution >= 4 is 36.6 Å². The van der Waals surface area contributed by atoms with Crippen LogP contribution in [0.4, 0.5) is 0 Å². The average Bonchev–Trinajstić information content (AvgIpc) is 2.72. The van der Waals surface area contributed by atoms with E-state index >= 15 is 0 Å². The predicted octanol–water partition coefficient (Wildman–Crippen LogP) is 5.69. The summed E-state index contributed by atoms with van der Waals surface area (Å²) in [4.78, 5) is 15.0. The summed E-state index contributed by atoms with van der Waals surface area (Å²) in [5.41, 5.74) is 4.65. The number of aliphatic hydroxyl groups excluding tert-OH is 1. The molecular weight excluding hydrogens is 389 g/mol. The second-order valence-corrected chi connectivity index (χ2v) is 9.06.